The van der Waals surface area contributed by atoms with E-state index in [-0.39, 0.29) is 22.1 Å². The lowest BCUT2D eigenvalue weighted by atomic mass is 10.3. The maximum absolute atomic E-state index is 12.5. The van der Waals surface area contributed by atoms with Gasteiger partial charge in [-0.05, 0) is 60.7 Å². The lowest BCUT2D eigenvalue weighted by Crippen LogP contribution is -2.12. The van der Waals surface area contributed by atoms with Crippen molar-refractivity contribution in [3.63, 3.8) is 0 Å². The molecule has 3 rings (SSSR count). The van der Waals surface area contributed by atoms with E-state index in [1.807, 2.05) is 43.3 Å². The zero-order valence-electron chi connectivity index (χ0n) is 15.8. The number of rotatable bonds is 6. The molecule has 0 heterocycles. The second-order valence-electron chi connectivity index (χ2n) is 6.41. The summed E-state index contributed by atoms with van der Waals surface area (Å²) in [6, 6.07) is 16.9. The van der Waals surface area contributed by atoms with Crippen LogP contribution in [-0.4, -0.2) is 32.7 Å². The molecule has 0 radical (unpaired) electrons. The van der Waals surface area contributed by atoms with Crippen LogP contribution in [0.3, 0.4) is 0 Å². The minimum absolute atomic E-state index is 0.0190. The van der Waals surface area contributed by atoms with Crippen LogP contribution in [0.1, 0.15) is 0 Å². The second kappa shape index (κ2) is 8.19. The van der Waals surface area contributed by atoms with E-state index in [0.29, 0.717) is 11.4 Å². The van der Waals surface area contributed by atoms with Crippen molar-refractivity contribution in [3.05, 3.63) is 66.7 Å². The van der Waals surface area contributed by atoms with Gasteiger partial charge in [-0.1, -0.05) is 0 Å². The normalized spacial score (nSPS) is 11.5. The first-order chi connectivity index (χ1) is 13.7. The number of anilines is 2. The molecule has 0 amide bonds. The highest BCUT2D eigenvalue weighted by atomic mass is 32.2. The Morgan fingerprint density at radius 2 is 1.38 bits per heavy atom. The fraction of sp³-hybridized carbons (Fsp3) is 0.100. The minimum Gasteiger partial charge on any atom is -0.508 e. The van der Waals surface area contributed by atoms with Gasteiger partial charge in [-0.15, -0.1) is 0 Å². The number of aromatic hydroxyl groups is 2. The highest BCUT2D eigenvalue weighted by Gasteiger charge is 2.16. The molecule has 0 bridgehead atoms. The topological polar surface area (TPSA) is 115 Å². The second-order valence-corrected chi connectivity index (χ2v) is 8.09. The molecule has 3 aromatic carbocycles. The van der Waals surface area contributed by atoms with E-state index < -0.39 is 10.0 Å². The third-order valence-electron chi connectivity index (χ3n) is 4.02. The predicted octanol–water partition coefficient (Wildman–Crippen LogP) is 4.38. The first kappa shape index (κ1) is 20.2. The minimum atomic E-state index is -3.95. The summed E-state index contributed by atoms with van der Waals surface area (Å²) in [5.74, 6) is -0.466. The third-order valence-corrected chi connectivity index (χ3v) is 5.40. The van der Waals surface area contributed by atoms with Crippen LogP contribution in [0.15, 0.2) is 81.9 Å². The van der Waals surface area contributed by atoms with E-state index in [9.17, 15) is 18.6 Å². The van der Waals surface area contributed by atoms with Gasteiger partial charge in [-0.25, -0.2) is 8.42 Å². The van der Waals surface area contributed by atoms with E-state index in [2.05, 4.69) is 15.0 Å². The number of nitrogens with zero attached hydrogens (tertiary/aromatic N) is 3. The lowest BCUT2D eigenvalue weighted by Gasteiger charge is -2.11. The molecule has 0 aliphatic carbocycles. The van der Waals surface area contributed by atoms with Gasteiger partial charge in [-0.2, -0.15) is 10.2 Å². The largest absolute Gasteiger partial charge is 0.508 e. The Hall–Kier alpha value is -3.59. The van der Waals surface area contributed by atoms with Crippen LogP contribution in [0, 0.1) is 0 Å². The Kier molecular flexibility index (Phi) is 5.69. The van der Waals surface area contributed by atoms with Crippen LogP contribution in [0.2, 0.25) is 0 Å². The van der Waals surface area contributed by atoms with Crippen molar-refractivity contribution in [2.75, 3.05) is 23.7 Å². The van der Waals surface area contributed by atoms with Crippen LogP contribution in [0.4, 0.5) is 22.7 Å². The molecular weight excluding hydrogens is 392 g/mol. The van der Waals surface area contributed by atoms with E-state index in [0.717, 1.165) is 11.8 Å². The summed E-state index contributed by atoms with van der Waals surface area (Å²) in [6.07, 6.45) is 0. The van der Waals surface area contributed by atoms with Gasteiger partial charge in [0.25, 0.3) is 10.0 Å². The lowest BCUT2D eigenvalue weighted by molar-refractivity contribution is 0.462. The van der Waals surface area contributed by atoms with Gasteiger partial charge in [0, 0.05) is 25.8 Å². The monoisotopic (exact) mass is 412 g/mol. The van der Waals surface area contributed by atoms with Crippen molar-refractivity contribution < 1.29 is 18.6 Å². The summed E-state index contributed by atoms with van der Waals surface area (Å²) in [5, 5.41) is 27.5. The highest BCUT2D eigenvalue weighted by molar-refractivity contribution is 7.92. The molecule has 0 fully saturated rings. The van der Waals surface area contributed by atoms with Gasteiger partial charge in [0.1, 0.15) is 11.5 Å². The molecule has 0 unspecified atom stereocenters. The maximum Gasteiger partial charge on any atom is 0.262 e. The molecule has 3 N–H and O–H groups in total. The van der Waals surface area contributed by atoms with Gasteiger partial charge in [-0.3, -0.25) is 4.72 Å². The number of hydrogen-bond acceptors (Lipinski definition) is 7. The van der Waals surface area contributed by atoms with Crippen LogP contribution in [-0.2, 0) is 10.0 Å². The fourth-order valence-corrected chi connectivity index (χ4v) is 3.50. The maximum atomic E-state index is 12.5. The summed E-state index contributed by atoms with van der Waals surface area (Å²) in [5.41, 5.74) is 2.09. The van der Waals surface area contributed by atoms with Crippen LogP contribution in [0.25, 0.3) is 0 Å². The zero-order chi connectivity index (χ0) is 21.0. The summed E-state index contributed by atoms with van der Waals surface area (Å²) in [4.78, 5) is 1.96. The molecule has 9 heteroatoms. The molecule has 3 aromatic rings. The first-order valence-electron chi connectivity index (χ1n) is 8.58. The summed E-state index contributed by atoms with van der Waals surface area (Å²) in [6.45, 7) is 0. The number of benzene rings is 3. The Morgan fingerprint density at radius 1 is 0.828 bits per heavy atom. The van der Waals surface area contributed by atoms with Crippen molar-refractivity contribution in [1.29, 1.82) is 0 Å². The summed E-state index contributed by atoms with van der Waals surface area (Å²) < 4.78 is 27.2. The molecule has 0 aliphatic heterocycles. The molecule has 0 saturated carbocycles. The van der Waals surface area contributed by atoms with Gasteiger partial charge in [0.05, 0.1) is 22.0 Å². The van der Waals surface area contributed by atoms with Gasteiger partial charge < -0.3 is 15.1 Å². The van der Waals surface area contributed by atoms with Crippen molar-refractivity contribution in [1.82, 2.24) is 0 Å². The molecule has 0 spiro atoms. The van der Waals surface area contributed by atoms with Crippen molar-refractivity contribution in [2.45, 2.75) is 4.90 Å². The highest BCUT2D eigenvalue weighted by Crippen LogP contribution is 2.30. The van der Waals surface area contributed by atoms with Crippen molar-refractivity contribution in [2.24, 2.45) is 10.2 Å². The molecule has 8 nitrogen and oxygen atoms in total. The average Bonchev–Trinajstić information content (AvgIpc) is 2.69. The first-order valence-corrected chi connectivity index (χ1v) is 10.1. The molecule has 0 saturated heterocycles. The van der Waals surface area contributed by atoms with Crippen LogP contribution < -0.4 is 9.62 Å². The van der Waals surface area contributed by atoms with Gasteiger partial charge in [0.2, 0.25) is 0 Å². The number of azo groups is 1. The third kappa shape index (κ3) is 5.02. The van der Waals surface area contributed by atoms with Crippen LogP contribution in [0.5, 0.6) is 11.5 Å². The van der Waals surface area contributed by atoms with E-state index in [1.54, 1.807) is 0 Å². The molecule has 29 heavy (non-hydrogen) atoms. The standard InChI is InChI=1S/C20H20N4O4S/c1-24(2)16-7-3-14(4-8-16)21-22-15-5-10-18(11-6-15)29(27,28)23-19-13-17(25)9-12-20(19)26/h3-13,23,25-26H,1-2H3. The van der Waals surface area contributed by atoms with E-state index in [4.69, 9.17) is 0 Å². The van der Waals surface area contributed by atoms with E-state index >= 15 is 0 Å². The molecule has 150 valence electrons. The van der Waals surface area contributed by atoms with Gasteiger partial charge >= 0.3 is 0 Å². The Morgan fingerprint density at radius 3 is 1.93 bits per heavy atom. The number of sulfonamides is 1. The van der Waals surface area contributed by atoms with Crippen LogP contribution >= 0.6 is 0 Å². The zero-order valence-corrected chi connectivity index (χ0v) is 16.6. The average molecular weight is 412 g/mol. The Balaban J connectivity index is 1.74. The molecule has 0 aliphatic rings. The molecule has 0 atom stereocenters. The molecule has 0 aromatic heterocycles. The fourth-order valence-electron chi connectivity index (χ4n) is 2.43. The smallest absolute Gasteiger partial charge is 0.262 e. The van der Waals surface area contributed by atoms with E-state index in [1.165, 1.54) is 36.4 Å². The number of phenolic OH excluding ortho intramolecular Hbond substituents is 2. The molecular formula is C20H20N4O4S. The number of phenols is 2. The van der Waals surface area contributed by atoms with Crippen molar-refractivity contribution >= 4 is 32.8 Å². The SMILES string of the molecule is CN(C)c1ccc(N=Nc2ccc(S(=O)(=O)Nc3cc(O)ccc3O)cc2)cc1. The summed E-state index contributed by atoms with van der Waals surface area (Å²) in [7, 11) is -0.0529. The van der Waals surface area contributed by atoms with Gasteiger partial charge in [0.15, 0.2) is 0 Å². The quantitative estimate of drug-likeness (QED) is 0.316. The Labute approximate surface area is 168 Å². The summed E-state index contributed by atoms with van der Waals surface area (Å²) >= 11 is 0. The van der Waals surface area contributed by atoms with Crippen molar-refractivity contribution in [3.8, 4) is 11.5 Å². The number of nitrogens with one attached hydrogen (secondary N) is 1. The number of hydrogen-bond donors (Lipinski definition) is 3. The predicted molar refractivity (Wildman–Crippen MR) is 112 cm³/mol. The Bertz CT molecular complexity index is 1130.